The third-order valence-electron chi connectivity index (χ3n) is 6.65. The Kier molecular flexibility index (Phi) is 6.63. The molecule has 0 N–H and O–H groups in total. The minimum absolute atomic E-state index is 0.225. The van der Waals surface area contributed by atoms with Crippen molar-refractivity contribution in [1.29, 1.82) is 0 Å². The van der Waals surface area contributed by atoms with E-state index in [1.54, 1.807) is 18.4 Å². The number of furan rings is 1. The largest absolute Gasteiger partial charge is 0.464 e. The van der Waals surface area contributed by atoms with Crippen LogP contribution in [0.3, 0.4) is 0 Å². The Bertz CT molecular complexity index is 1220. The maximum Gasteiger partial charge on any atom is 0.144 e. The third-order valence-corrected chi connectivity index (χ3v) is 6.65. The van der Waals surface area contributed by atoms with Crippen molar-refractivity contribution in [3.63, 3.8) is 0 Å². The zero-order chi connectivity index (χ0) is 22.5. The van der Waals surface area contributed by atoms with Crippen LogP contribution in [-0.4, -0.2) is 29.5 Å². The molecule has 0 saturated heterocycles. The van der Waals surface area contributed by atoms with Gasteiger partial charge < -0.3 is 4.42 Å². The molecule has 0 spiro atoms. The van der Waals surface area contributed by atoms with Crippen molar-refractivity contribution in [2.75, 3.05) is 19.6 Å². The quantitative estimate of drug-likeness (QED) is 0.314. The molecule has 0 radical (unpaired) electrons. The molecule has 2 aromatic heterocycles. The van der Waals surface area contributed by atoms with E-state index in [4.69, 9.17) is 4.42 Å². The third kappa shape index (κ3) is 5.07. The summed E-state index contributed by atoms with van der Waals surface area (Å²) in [4.78, 5) is 7.19. The van der Waals surface area contributed by atoms with Gasteiger partial charge in [0.1, 0.15) is 11.4 Å². The summed E-state index contributed by atoms with van der Waals surface area (Å²) in [5, 5.41) is 0.564. The van der Waals surface area contributed by atoms with E-state index in [-0.39, 0.29) is 5.82 Å². The predicted molar refractivity (Wildman–Crippen MR) is 132 cm³/mol. The van der Waals surface area contributed by atoms with E-state index in [9.17, 15) is 4.39 Å². The van der Waals surface area contributed by atoms with Gasteiger partial charge in [-0.25, -0.2) is 4.39 Å². The molecule has 1 unspecified atom stereocenters. The summed E-state index contributed by atoms with van der Waals surface area (Å²) < 4.78 is 19.7. The molecule has 0 amide bonds. The Morgan fingerprint density at radius 1 is 1.00 bits per heavy atom. The van der Waals surface area contributed by atoms with E-state index >= 15 is 0 Å². The Hall–Kier alpha value is -3.24. The second kappa shape index (κ2) is 10.1. The fourth-order valence-corrected chi connectivity index (χ4v) is 4.86. The summed E-state index contributed by atoms with van der Waals surface area (Å²) >= 11 is 0. The van der Waals surface area contributed by atoms with Crippen molar-refractivity contribution in [2.45, 2.75) is 31.6 Å². The highest BCUT2D eigenvalue weighted by atomic mass is 19.1. The number of aromatic nitrogens is 1. The first-order chi connectivity index (χ1) is 16.3. The molecule has 33 heavy (non-hydrogen) atoms. The van der Waals surface area contributed by atoms with Gasteiger partial charge in [0.2, 0.25) is 0 Å². The fraction of sp³-hybridized carbons (Fsp3) is 0.276. The van der Waals surface area contributed by atoms with Crippen LogP contribution in [0.25, 0.3) is 16.5 Å². The average molecular weight is 441 g/mol. The van der Waals surface area contributed by atoms with Crippen molar-refractivity contribution >= 4 is 16.5 Å². The zero-order valence-corrected chi connectivity index (χ0v) is 18.8. The average Bonchev–Trinajstić information content (AvgIpc) is 3.24. The van der Waals surface area contributed by atoms with Crippen LogP contribution in [0.15, 0.2) is 89.7 Å². The van der Waals surface area contributed by atoms with Crippen molar-refractivity contribution in [3.8, 4) is 0 Å². The molecule has 3 heterocycles. The van der Waals surface area contributed by atoms with Gasteiger partial charge in [-0.05, 0) is 80.2 Å². The number of halogens is 1. The van der Waals surface area contributed by atoms with E-state index in [0.717, 1.165) is 50.9 Å². The van der Waals surface area contributed by atoms with Crippen LogP contribution in [0, 0.1) is 5.82 Å². The second-order valence-corrected chi connectivity index (χ2v) is 8.82. The minimum Gasteiger partial charge on any atom is -0.464 e. The van der Waals surface area contributed by atoms with Gasteiger partial charge in [0.25, 0.3) is 0 Å². The normalized spacial score (nSPS) is 15.8. The van der Waals surface area contributed by atoms with E-state index < -0.39 is 0 Å². The lowest BCUT2D eigenvalue weighted by atomic mass is 9.92. The molecular weight excluding hydrogens is 411 g/mol. The maximum atomic E-state index is 14.1. The highest BCUT2D eigenvalue weighted by Gasteiger charge is 2.19. The first kappa shape index (κ1) is 21.6. The van der Waals surface area contributed by atoms with E-state index in [0.29, 0.717) is 16.9 Å². The summed E-state index contributed by atoms with van der Waals surface area (Å²) in [5.41, 5.74) is 5.45. The number of allylic oxidation sites excluding steroid dienone is 1. The first-order valence-corrected chi connectivity index (χ1v) is 11.8. The van der Waals surface area contributed by atoms with Crippen molar-refractivity contribution in [2.24, 2.45) is 0 Å². The van der Waals surface area contributed by atoms with Crippen LogP contribution in [0.1, 0.15) is 42.0 Å². The molecular formula is C29H29FN2O. The summed E-state index contributed by atoms with van der Waals surface area (Å²) in [6.07, 6.45) is 9.89. The molecule has 1 atom stereocenters. The number of rotatable bonds is 7. The molecule has 0 bridgehead atoms. The number of hydrogen-bond donors (Lipinski definition) is 0. The number of nitrogens with zero attached hydrogens (tertiary/aromatic N) is 2. The number of benzene rings is 2. The molecule has 0 aliphatic carbocycles. The maximum absolute atomic E-state index is 14.1. The molecule has 3 nitrogen and oxygen atoms in total. The standard InChI is InChI=1S/C29H29FN2O/c30-27-12-11-25(29-26(27)15-20-33-29)23-9-6-17-32(18-13-23)19-14-24(28-10-4-5-16-31-28)21-22-7-2-1-3-8-22/h1-5,7-8,10-13,15-16,20,24H,6,9,14,17-19,21H2. The highest BCUT2D eigenvalue weighted by molar-refractivity contribution is 5.90. The molecule has 0 fully saturated rings. The molecule has 168 valence electrons. The minimum atomic E-state index is -0.225. The van der Waals surface area contributed by atoms with Gasteiger partial charge in [0, 0.05) is 29.9 Å². The molecule has 5 rings (SSSR count). The number of hydrogen-bond acceptors (Lipinski definition) is 3. The van der Waals surface area contributed by atoms with Gasteiger partial charge >= 0.3 is 0 Å². The van der Waals surface area contributed by atoms with Crippen LogP contribution in [0.5, 0.6) is 0 Å². The Morgan fingerprint density at radius 2 is 1.88 bits per heavy atom. The summed E-state index contributed by atoms with van der Waals surface area (Å²) in [6, 6.07) is 22.0. The Labute approximate surface area is 194 Å². The second-order valence-electron chi connectivity index (χ2n) is 8.82. The molecule has 4 aromatic rings. The van der Waals surface area contributed by atoms with Crippen LogP contribution in [-0.2, 0) is 6.42 Å². The number of pyridine rings is 1. The first-order valence-electron chi connectivity index (χ1n) is 11.8. The highest BCUT2D eigenvalue weighted by Crippen LogP contribution is 2.32. The molecule has 2 aromatic carbocycles. The van der Waals surface area contributed by atoms with Gasteiger partial charge in [-0.2, -0.15) is 0 Å². The van der Waals surface area contributed by atoms with Gasteiger partial charge in [-0.15, -0.1) is 0 Å². The lowest BCUT2D eigenvalue weighted by Gasteiger charge is -2.23. The summed E-state index contributed by atoms with van der Waals surface area (Å²) in [7, 11) is 0. The van der Waals surface area contributed by atoms with Gasteiger partial charge in [0.15, 0.2) is 0 Å². The van der Waals surface area contributed by atoms with Crippen molar-refractivity contribution in [3.05, 3.63) is 108 Å². The molecule has 1 aliphatic heterocycles. The Balaban J connectivity index is 1.29. The van der Waals surface area contributed by atoms with Crippen LogP contribution in [0.2, 0.25) is 0 Å². The van der Waals surface area contributed by atoms with Gasteiger partial charge in [0.05, 0.1) is 11.6 Å². The van der Waals surface area contributed by atoms with Crippen LogP contribution >= 0.6 is 0 Å². The monoisotopic (exact) mass is 440 g/mol. The molecule has 1 aliphatic rings. The Morgan fingerprint density at radius 3 is 2.73 bits per heavy atom. The molecule has 0 saturated carbocycles. The van der Waals surface area contributed by atoms with Crippen molar-refractivity contribution < 1.29 is 8.81 Å². The fourth-order valence-electron chi connectivity index (χ4n) is 4.86. The summed E-state index contributed by atoms with van der Waals surface area (Å²) in [5.74, 6) is 0.164. The molecule has 4 heteroatoms. The van der Waals surface area contributed by atoms with E-state index in [1.165, 1.54) is 16.8 Å². The van der Waals surface area contributed by atoms with Crippen molar-refractivity contribution in [1.82, 2.24) is 9.88 Å². The van der Waals surface area contributed by atoms with Crippen LogP contribution < -0.4 is 0 Å². The lowest BCUT2D eigenvalue weighted by molar-refractivity contribution is 0.289. The number of fused-ring (bicyclic) bond motifs is 1. The lowest BCUT2D eigenvalue weighted by Crippen LogP contribution is -2.27. The zero-order valence-electron chi connectivity index (χ0n) is 18.8. The van der Waals surface area contributed by atoms with Crippen LogP contribution in [0.4, 0.5) is 4.39 Å². The summed E-state index contributed by atoms with van der Waals surface area (Å²) in [6.45, 7) is 2.98. The van der Waals surface area contributed by atoms with Gasteiger partial charge in [-0.1, -0.05) is 42.5 Å². The van der Waals surface area contributed by atoms with Gasteiger partial charge in [-0.3, -0.25) is 9.88 Å². The van der Waals surface area contributed by atoms with E-state index in [2.05, 4.69) is 58.4 Å². The van der Waals surface area contributed by atoms with E-state index in [1.807, 2.05) is 18.3 Å². The SMILES string of the molecule is Fc1ccc(C2=CCN(CCC(Cc3ccccc3)c3ccccn3)CCC2)c2occc12. The predicted octanol–water partition coefficient (Wildman–Crippen LogP) is 6.86. The topological polar surface area (TPSA) is 29.3 Å². The smallest absolute Gasteiger partial charge is 0.144 e.